The molecule has 0 aliphatic carbocycles. The maximum atomic E-state index is 12.3. The van der Waals surface area contributed by atoms with E-state index in [1.54, 1.807) is 19.1 Å². The fourth-order valence-corrected chi connectivity index (χ4v) is 2.79. The minimum atomic E-state index is -0.740. The van der Waals surface area contributed by atoms with E-state index >= 15 is 0 Å². The van der Waals surface area contributed by atoms with E-state index in [1.807, 2.05) is 13.8 Å². The molecule has 2 aromatic carbocycles. The van der Waals surface area contributed by atoms with Crippen LogP contribution in [0.3, 0.4) is 0 Å². The Morgan fingerprint density at radius 1 is 0.958 bits per heavy atom. The van der Waals surface area contributed by atoms with Crippen molar-refractivity contribution in [3.63, 3.8) is 0 Å². The minimum Gasteiger partial charge on any atom is -0.481 e. The standard InChI is InChI=1S/C17H15Cl4NO2/c1-8-4-11(5-9(2)16(8)21)24-10(3)17(23)22-15-7-13(19)12(18)6-14(15)20/h4-7,10H,1-3H3,(H,22,23)/t10-/m0/s1. The number of benzene rings is 2. The van der Waals surface area contributed by atoms with Crippen LogP contribution in [0, 0.1) is 13.8 Å². The molecule has 1 amide bonds. The number of aryl methyl sites for hydroxylation is 2. The summed E-state index contributed by atoms with van der Waals surface area (Å²) >= 11 is 24.0. The molecule has 0 spiro atoms. The van der Waals surface area contributed by atoms with Gasteiger partial charge in [0.2, 0.25) is 0 Å². The van der Waals surface area contributed by atoms with Crippen molar-refractivity contribution in [1.82, 2.24) is 0 Å². The normalized spacial score (nSPS) is 12.0. The lowest BCUT2D eigenvalue weighted by Gasteiger charge is -2.17. The number of halogens is 4. The van der Waals surface area contributed by atoms with Gasteiger partial charge in [-0.15, -0.1) is 0 Å². The molecule has 0 saturated heterocycles. The molecule has 3 nitrogen and oxygen atoms in total. The third kappa shape index (κ3) is 4.48. The number of nitrogens with one attached hydrogen (secondary N) is 1. The van der Waals surface area contributed by atoms with Crippen LogP contribution < -0.4 is 10.1 Å². The van der Waals surface area contributed by atoms with Gasteiger partial charge in [0.25, 0.3) is 5.91 Å². The van der Waals surface area contributed by atoms with Crippen molar-refractivity contribution in [3.05, 3.63) is 55.5 Å². The number of hydrogen-bond acceptors (Lipinski definition) is 2. The predicted octanol–water partition coefficient (Wildman–Crippen LogP) is 6.32. The van der Waals surface area contributed by atoms with E-state index in [9.17, 15) is 4.79 Å². The fraction of sp³-hybridized carbons (Fsp3) is 0.235. The molecule has 0 aliphatic heterocycles. The van der Waals surface area contributed by atoms with Crippen molar-refractivity contribution in [2.24, 2.45) is 0 Å². The van der Waals surface area contributed by atoms with Crippen molar-refractivity contribution in [2.45, 2.75) is 26.9 Å². The van der Waals surface area contributed by atoms with E-state index in [-0.39, 0.29) is 5.91 Å². The Labute approximate surface area is 160 Å². The molecule has 0 radical (unpaired) electrons. The highest BCUT2D eigenvalue weighted by Gasteiger charge is 2.18. The monoisotopic (exact) mass is 405 g/mol. The molecule has 1 N–H and O–H groups in total. The summed E-state index contributed by atoms with van der Waals surface area (Å²) in [6, 6.07) is 6.53. The van der Waals surface area contributed by atoms with Crippen LogP contribution >= 0.6 is 46.4 Å². The van der Waals surface area contributed by atoms with E-state index in [1.165, 1.54) is 12.1 Å². The average Bonchev–Trinajstić information content (AvgIpc) is 2.50. The van der Waals surface area contributed by atoms with E-state index in [0.29, 0.717) is 31.5 Å². The summed E-state index contributed by atoms with van der Waals surface area (Å²) in [7, 11) is 0. The zero-order valence-corrected chi connectivity index (χ0v) is 16.2. The molecule has 0 fully saturated rings. The topological polar surface area (TPSA) is 38.3 Å². The van der Waals surface area contributed by atoms with Gasteiger partial charge in [-0.3, -0.25) is 4.79 Å². The maximum absolute atomic E-state index is 12.3. The van der Waals surface area contributed by atoms with Crippen LogP contribution in [0.2, 0.25) is 20.1 Å². The maximum Gasteiger partial charge on any atom is 0.265 e. The number of amides is 1. The van der Waals surface area contributed by atoms with Gasteiger partial charge in [-0.25, -0.2) is 0 Å². The largest absolute Gasteiger partial charge is 0.481 e. The summed E-state index contributed by atoms with van der Waals surface area (Å²) in [6.45, 7) is 5.39. The van der Waals surface area contributed by atoms with Crippen LogP contribution in [0.5, 0.6) is 5.75 Å². The van der Waals surface area contributed by atoms with Crippen LogP contribution in [0.4, 0.5) is 5.69 Å². The van der Waals surface area contributed by atoms with E-state index in [2.05, 4.69) is 5.32 Å². The zero-order valence-electron chi connectivity index (χ0n) is 13.2. The Hall–Kier alpha value is -1.13. The van der Waals surface area contributed by atoms with Gasteiger partial charge in [0.1, 0.15) is 5.75 Å². The van der Waals surface area contributed by atoms with Crippen LogP contribution in [0.1, 0.15) is 18.1 Å². The first-order valence-electron chi connectivity index (χ1n) is 7.08. The summed E-state index contributed by atoms with van der Waals surface area (Å²) in [6.07, 6.45) is -0.740. The molecule has 2 rings (SSSR count). The summed E-state index contributed by atoms with van der Waals surface area (Å²) in [4.78, 5) is 12.3. The van der Waals surface area contributed by atoms with E-state index in [0.717, 1.165) is 11.1 Å². The van der Waals surface area contributed by atoms with Crippen molar-refractivity contribution in [1.29, 1.82) is 0 Å². The van der Waals surface area contributed by atoms with Gasteiger partial charge in [0.05, 0.1) is 20.8 Å². The molecular formula is C17H15Cl4NO2. The Morgan fingerprint density at radius 2 is 1.50 bits per heavy atom. The Kier molecular flexibility index (Phi) is 6.27. The third-order valence-electron chi connectivity index (χ3n) is 3.36. The first kappa shape index (κ1) is 19.2. The predicted molar refractivity (Wildman–Crippen MR) is 101 cm³/mol. The van der Waals surface area contributed by atoms with Crippen molar-refractivity contribution in [2.75, 3.05) is 5.32 Å². The van der Waals surface area contributed by atoms with Crippen molar-refractivity contribution >= 4 is 58.0 Å². The van der Waals surface area contributed by atoms with Gasteiger partial charge >= 0.3 is 0 Å². The van der Waals surface area contributed by atoms with Crippen LogP contribution in [-0.2, 0) is 4.79 Å². The van der Waals surface area contributed by atoms with Crippen molar-refractivity contribution in [3.8, 4) is 5.75 Å². The molecule has 1 atom stereocenters. The summed E-state index contributed by atoms with van der Waals surface area (Å²) in [5.74, 6) is 0.206. The quantitative estimate of drug-likeness (QED) is 0.603. The molecule has 128 valence electrons. The second-order valence-electron chi connectivity index (χ2n) is 5.37. The number of carbonyl (C=O) groups excluding carboxylic acids is 1. The van der Waals surface area contributed by atoms with Gasteiger partial charge in [-0.2, -0.15) is 0 Å². The Morgan fingerprint density at radius 3 is 2.08 bits per heavy atom. The third-order valence-corrected chi connectivity index (χ3v) is 4.99. The SMILES string of the molecule is Cc1cc(O[C@@H](C)C(=O)Nc2cc(Cl)c(Cl)cc2Cl)cc(C)c1Cl. The second kappa shape index (κ2) is 7.83. The van der Waals surface area contributed by atoms with Gasteiger partial charge in [-0.05, 0) is 56.2 Å². The molecule has 24 heavy (non-hydrogen) atoms. The molecule has 0 aromatic heterocycles. The molecule has 0 unspecified atom stereocenters. The molecule has 2 aromatic rings. The van der Waals surface area contributed by atoms with Crippen LogP contribution in [-0.4, -0.2) is 12.0 Å². The molecule has 0 heterocycles. The highest BCUT2D eigenvalue weighted by Crippen LogP contribution is 2.32. The summed E-state index contributed by atoms with van der Waals surface area (Å²) < 4.78 is 5.69. The molecule has 0 bridgehead atoms. The van der Waals surface area contributed by atoms with Crippen LogP contribution in [0.15, 0.2) is 24.3 Å². The highest BCUT2D eigenvalue weighted by molar-refractivity contribution is 6.44. The summed E-state index contributed by atoms with van der Waals surface area (Å²) in [5.41, 5.74) is 2.13. The molecular weight excluding hydrogens is 392 g/mol. The Balaban J connectivity index is 2.12. The van der Waals surface area contributed by atoms with Gasteiger partial charge in [-0.1, -0.05) is 46.4 Å². The molecule has 7 heteroatoms. The molecule has 0 aliphatic rings. The smallest absolute Gasteiger partial charge is 0.265 e. The number of rotatable bonds is 4. The fourth-order valence-electron chi connectivity index (χ4n) is 2.08. The van der Waals surface area contributed by atoms with E-state index < -0.39 is 6.10 Å². The van der Waals surface area contributed by atoms with Gasteiger partial charge in [0.15, 0.2) is 6.10 Å². The lowest BCUT2D eigenvalue weighted by atomic mass is 10.1. The average molecular weight is 407 g/mol. The number of hydrogen-bond donors (Lipinski definition) is 1. The zero-order chi connectivity index (χ0) is 18.0. The highest BCUT2D eigenvalue weighted by atomic mass is 35.5. The lowest BCUT2D eigenvalue weighted by Crippen LogP contribution is -2.30. The number of ether oxygens (including phenoxy) is 1. The second-order valence-corrected chi connectivity index (χ2v) is 6.97. The first-order chi connectivity index (χ1) is 11.2. The minimum absolute atomic E-state index is 0.295. The van der Waals surface area contributed by atoms with Crippen molar-refractivity contribution < 1.29 is 9.53 Å². The lowest BCUT2D eigenvalue weighted by molar-refractivity contribution is -0.122. The summed E-state index contributed by atoms with van der Waals surface area (Å²) in [5, 5.41) is 4.27. The Bertz CT molecular complexity index is 769. The number of carbonyl (C=O) groups is 1. The van der Waals surface area contributed by atoms with E-state index in [4.69, 9.17) is 51.1 Å². The van der Waals surface area contributed by atoms with Gasteiger partial charge in [0, 0.05) is 5.02 Å². The van der Waals surface area contributed by atoms with Crippen LogP contribution in [0.25, 0.3) is 0 Å². The first-order valence-corrected chi connectivity index (χ1v) is 8.59. The van der Waals surface area contributed by atoms with Gasteiger partial charge < -0.3 is 10.1 Å². The molecule has 0 saturated carbocycles. The number of anilines is 1.